The number of aryl methyl sites for hydroxylation is 1. The number of hydrogen-bond acceptors (Lipinski definition) is 4. The molecule has 5 nitrogen and oxygen atoms in total. The number of rotatable bonds is 3. The molecule has 5 heteroatoms. The summed E-state index contributed by atoms with van der Waals surface area (Å²) in [5.41, 5.74) is 1.51. The van der Waals surface area contributed by atoms with E-state index in [-0.39, 0.29) is 23.1 Å². The molecule has 0 radical (unpaired) electrons. The molecule has 0 aliphatic carbocycles. The molecular formula is C14H16N2O3. The van der Waals surface area contributed by atoms with Crippen molar-refractivity contribution in [3.8, 4) is 17.0 Å². The lowest BCUT2D eigenvalue weighted by atomic mass is 10.1. The van der Waals surface area contributed by atoms with Gasteiger partial charge in [0.1, 0.15) is 17.5 Å². The maximum atomic E-state index is 12.1. The third-order valence-electron chi connectivity index (χ3n) is 3.00. The minimum atomic E-state index is -0.384. The summed E-state index contributed by atoms with van der Waals surface area (Å²) in [4.78, 5) is 18.7. The number of ether oxygens (including phenoxy) is 1. The maximum absolute atomic E-state index is 12.1. The molecule has 1 heterocycles. The van der Waals surface area contributed by atoms with Gasteiger partial charge >= 0.3 is 0 Å². The molecule has 0 aliphatic heterocycles. The van der Waals surface area contributed by atoms with Gasteiger partial charge in [0.2, 0.25) is 5.88 Å². The van der Waals surface area contributed by atoms with E-state index in [9.17, 15) is 9.90 Å². The van der Waals surface area contributed by atoms with Crippen LogP contribution >= 0.6 is 0 Å². The first-order valence-corrected chi connectivity index (χ1v) is 5.96. The van der Waals surface area contributed by atoms with E-state index >= 15 is 0 Å². The smallest absolute Gasteiger partial charge is 0.262 e. The van der Waals surface area contributed by atoms with Crippen LogP contribution in [0, 0.1) is 6.92 Å². The Labute approximate surface area is 110 Å². The van der Waals surface area contributed by atoms with Crippen molar-refractivity contribution in [1.29, 1.82) is 0 Å². The molecule has 19 heavy (non-hydrogen) atoms. The van der Waals surface area contributed by atoms with E-state index < -0.39 is 0 Å². The molecule has 0 spiro atoms. The van der Waals surface area contributed by atoms with Crippen molar-refractivity contribution in [2.24, 2.45) is 0 Å². The van der Waals surface area contributed by atoms with Crippen molar-refractivity contribution in [2.75, 3.05) is 7.11 Å². The normalized spacial score (nSPS) is 12.4. The van der Waals surface area contributed by atoms with Crippen LogP contribution in [0.2, 0.25) is 0 Å². The first-order chi connectivity index (χ1) is 9.02. The van der Waals surface area contributed by atoms with Crippen LogP contribution in [0.5, 0.6) is 5.88 Å². The zero-order chi connectivity index (χ0) is 14.0. The summed E-state index contributed by atoms with van der Waals surface area (Å²) in [6.45, 7) is 3.69. The molecule has 1 aromatic carbocycles. The van der Waals surface area contributed by atoms with Gasteiger partial charge in [0, 0.05) is 7.11 Å². The zero-order valence-corrected chi connectivity index (χ0v) is 11.1. The summed E-state index contributed by atoms with van der Waals surface area (Å²) < 4.78 is 5.06. The molecule has 1 unspecified atom stereocenters. The fourth-order valence-electron chi connectivity index (χ4n) is 1.76. The lowest BCUT2D eigenvalue weighted by molar-refractivity contribution is 0.111. The number of nitrogens with one attached hydrogen (secondary N) is 1. The summed E-state index contributed by atoms with van der Waals surface area (Å²) in [7, 11) is 1.51. The van der Waals surface area contributed by atoms with Crippen LogP contribution in [-0.2, 0) is 4.74 Å². The highest BCUT2D eigenvalue weighted by atomic mass is 16.5. The quantitative estimate of drug-likeness (QED) is 0.886. The molecule has 0 bridgehead atoms. The van der Waals surface area contributed by atoms with Crippen molar-refractivity contribution in [3.05, 3.63) is 46.0 Å². The van der Waals surface area contributed by atoms with Crippen LogP contribution in [0.4, 0.5) is 0 Å². The number of aromatic amines is 1. The number of nitrogens with zero attached hydrogens (tertiary/aromatic N) is 1. The van der Waals surface area contributed by atoms with Gasteiger partial charge in [0.15, 0.2) is 0 Å². The van der Waals surface area contributed by atoms with Gasteiger partial charge in [0.05, 0.1) is 0 Å². The summed E-state index contributed by atoms with van der Waals surface area (Å²) >= 11 is 0. The number of benzene rings is 1. The molecular weight excluding hydrogens is 244 g/mol. The van der Waals surface area contributed by atoms with Gasteiger partial charge in [-0.25, -0.2) is 0 Å². The monoisotopic (exact) mass is 260 g/mol. The maximum Gasteiger partial charge on any atom is 0.262 e. The van der Waals surface area contributed by atoms with Crippen molar-refractivity contribution >= 4 is 0 Å². The van der Waals surface area contributed by atoms with Crippen molar-refractivity contribution in [3.63, 3.8) is 0 Å². The van der Waals surface area contributed by atoms with E-state index in [1.165, 1.54) is 7.11 Å². The van der Waals surface area contributed by atoms with E-state index in [0.29, 0.717) is 11.4 Å². The number of H-pyrrole nitrogens is 1. The average molecular weight is 260 g/mol. The first-order valence-electron chi connectivity index (χ1n) is 5.96. The van der Waals surface area contributed by atoms with Crippen LogP contribution in [0.1, 0.15) is 24.4 Å². The molecule has 0 amide bonds. The van der Waals surface area contributed by atoms with Crippen molar-refractivity contribution < 1.29 is 9.84 Å². The fraction of sp³-hybridized carbons (Fsp3) is 0.286. The van der Waals surface area contributed by atoms with E-state index in [1.54, 1.807) is 19.1 Å². The molecule has 0 aliphatic rings. The Morgan fingerprint density at radius 1 is 1.32 bits per heavy atom. The number of hydrogen-bond donors (Lipinski definition) is 2. The molecule has 100 valence electrons. The van der Waals surface area contributed by atoms with Crippen LogP contribution in [0.25, 0.3) is 11.1 Å². The zero-order valence-electron chi connectivity index (χ0n) is 11.1. The molecule has 0 fully saturated rings. The second kappa shape index (κ2) is 5.24. The Hall–Kier alpha value is -2.14. The Morgan fingerprint density at radius 2 is 1.95 bits per heavy atom. The minimum Gasteiger partial charge on any atom is -0.493 e. The largest absolute Gasteiger partial charge is 0.493 e. The second-order valence-electron chi connectivity index (χ2n) is 4.39. The third kappa shape index (κ3) is 2.66. The van der Waals surface area contributed by atoms with Crippen LogP contribution < -0.4 is 5.56 Å². The summed E-state index contributed by atoms with van der Waals surface area (Å²) in [6.07, 6.45) is -0.384. The lowest BCUT2D eigenvalue weighted by Crippen LogP contribution is -2.16. The first kappa shape index (κ1) is 13.3. The second-order valence-corrected chi connectivity index (χ2v) is 4.39. The Bertz CT molecular complexity index is 632. The standard InChI is InChI=1S/C14H16N2O3/c1-8-4-6-10(7-5-8)11-13(17)15-12(9(2)19-3)16-14(11)18/h4-7,9H,1-3H3,(H2,15,16,17,18). The van der Waals surface area contributed by atoms with E-state index in [0.717, 1.165) is 5.56 Å². The van der Waals surface area contributed by atoms with Gasteiger partial charge in [0.25, 0.3) is 5.56 Å². The fourth-order valence-corrected chi connectivity index (χ4v) is 1.76. The van der Waals surface area contributed by atoms with Crippen LogP contribution in [-0.4, -0.2) is 22.2 Å². The van der Waals surface area contributed by atoms with Gasteiger partial charge in [-0.1, -0.05) is 29.8 Å². The third-order valence-corrected chi connectivity index (χ3v) is 3.00. The predicted octanol–water partition coefficient (Wildman–Crippen LogP) is 2.16. The molecule has 0 saturated heterocycles. The Morgan fingerprint density at radius 3 is 2.47 bits per heavy atom. The van der Waals surface area contributed by atoms with E-state index in [1.807, 2.05) is 19.1 Å². The molecule has 1 aromatic heterocycles. The van der Waals surface area contributed by atoms with Crippen LogP contribution in [0.15, 0.2) is 29.1 Å². The number of aromatic hydroxyl groups is 1. The number of methoxy groups -OCH3 is 1. The van der Waals surface area contributed by atoms with Crippen molar-refractivity contribution in [2.45, 2.75) is 20.0 Å². The van der Waals surface area contributed by atoms with E-state index in [4.69, 9.17) is 4.74 Å². The predicted molar refractivity (Wildman–Crippen MR) is 72.1 cm³/mol. The summed E-state index contributed by atoms with van der Waals surface area (Å²) in [5, 5.41) is 9.95. The Kier molecular flexibility index (Phi) is 3.66. The highest BCUT2D eigenvalue weighted by Gasteiger charge is 2.15. The topological polar surface area (TPSA) is 75.2 Å². The van der Waals surface area contributed by atoms with Crippen molar-refractivity contribution in [1.82, 2.24) is 9.97 Å². The van der Waals surface area contributed by atoms with Gasteiger partial charge in [-0.3, -0.25) is 4.79 Å². The molecule has 0 saturated carbocycles. The molecule has 1 atom stereocenters. The number of aromatic nitrogens is 2. The molecule has 2 rings (SSSR count). The summed E-state index contributed by atoms with van der Waals surface area (Å²) in [6, 6.07) is 7.31. The highest BCUT2D eigenvalue weighted by Crippen LogP contribution is 2.24. The van der Waals surface area contributed by atoms with E-state index in [2.05, 4.69) is 9.97 Å². The molecule has 2 aromatic rings. The summed E-state index contributed by atoms with van der Waals surface area (Å²) in [5.74, 6) is 0.0207. The van der Waals surface area contributed by atoms with Gasteiger partial charge < -0.3 is 14.8 Å². The van der Waals surface area contributed by atoms with Crippen LogP contribution in [0.3, 0.4) is 0 Å². The molecule has 2 N–H and O–H groups in total. The van der Waals surface area contributed by atoms with Gasteiger partial charge in [-0.2, -0.15) is 4.98 Å². The lowest BCUT2D eigenvalue weighted by Gasteiger charge is -2.10. The average Bonchev–Trinajstić information content (AvgIpc) is 2.39. The highest BCUT2D eigenvalue weighted by molar-refractivity contribution is 5.67. The Balaban J connectivity index is 2.54. The SMILES string of the molecule is COC(C)c1nc(O)c(-c2ccc(C)cc2)c(=O)[nH]1. The van der Waals surface area contributed by atoms with Gasteiger partial charge in [-0.15, -0.1) is 0 Å². The minimum absolute atomic E-state index is 0.173. The van der Waals surface area contributed by atoms with Gasteiger partial charge in [-0.05, 0) is 19.4 Å².